The van der Waals surface area contributed by atoms with Gasteiger partial charge in [-0.15, -0.1) is 0 Å². The van der Waals surface area contributed by atoms with Gasteiger partial charge in [0.25, 0.3) is 0 Å². The SMILES string of the molecule is CCCCCCCCCCCCCC(=O)OCC(COC(=O)CCC(O)OCCC)OC(=O)CCCCCCCCCCCCC. The standard InChI is InChI=1S/C38H72O8/c1-4-7-9-11-13-15-17-19-21-23-25-27-35(39)44-32-34(33-45-37(41)30-29-36(40)43-31-6-3)46-38(42)28-26-24-22-20-18-16-14-12-10-8-5-2/h34,36,40H,4-33H2,1-3H3. The topological polar surface area (TPSA) is 108 Å². The quantitative estimate of drug-likeness (QED) is 0.0311. The van der Waals surface area contributed by atoms with Gasteiger partial charge in [-0.1, -0.05) is 149 Å². The third-order valence-corrected chi connectivity index (χ3v) is 8.24. The minimum atomic E-state index is -1.02. The van der Waals surface area contributed by atoms with Crippen LogP contribution in [0.4, 0.5) is 0 Å². The summed E-state index contributed by atoms with van der Waals surface area (Å²) in [6.45, 7) is 6.49. The molecule has 2 atom stereocenters. The molecule has 46 heavy (non-hydrogen) atoms. The molecule has 0 aliphatic carbocycles. The maximum atomic E-state index is 12.6. The molecule has 0 bridgehead atoms. The third-order valence-electron chi connectivity index (χ3n) is 8.24. The smallest absolute Gasteiger partial charge is 0.306 e. The van der Waals surface area contributed by atoms with Crippen LogP contribution in [-0.4, -0.2) is 55.2 Å². The number of aliphatic hydroxyl groups excluding tert-OH is 1. The molecule has 0 fully saturated rings. The Kier molecular flexibility index (Phi) is 33.4. The summed E-state index contributed by atoms with van der Waals surface area (Å²) in [6, 6.07) is 0. The lowest BCUT2D eigenvalue weighted by molar-refractivity contribution is -0.167. The van der Waals surface area contributed by atoms with E-state index in [9.17, 15) is 19.5 Å². The van der Waals surface area contributed by atoms with Crippen LogP contribution >= 0.6 is 0 Å². The normalized spacial score (nSPS) is 12.5. The first kappa shape index (κ1) is 44.3. The minimum Gasteiger partial charge on any atom is -0.462 e. The van der Waals surface area contributed by atoms with Gasteiger partial charge >= 0.3 is 17.9 Å². The van der Waals surface area contributed by atoms with E-state index in [0.29, 0.717) is 13.0 Å². The van der Waals surface area contributed by atoms with Crippen molar-refractivity contribution in [3.8, 4) is 0 Å². The summed E-state index contributed by atoms with van der Waals surface area (Å²) in [6.07, 6.45) is 26.0. The van der Waals surface area contributed by atoms with Crippen molar-refractivity contribution in [1.82, 2.24) is 0 Å². The number of esters is 3. The molecule has 0 aromatic rings. The van der Waals surface area contributed by atoms with Crippen LogP contribution in [0.3, 0.4) is 0 Å². The van der Waals surface area contributed by atoms with Gasteiger partial charge in [-0.05, 0) is 19.3 Å². The lowest BCUT2D eigenvalue weighted by Crippen LogP contribution is -2.31. The Bertz CT molecular complexity index is 698. The molecule has 0 radical (unpaired) electrons. The fourth-order valence-corrected chi connectivity index (χ4v) is 5.32. The second kappa shape index (κ2) is 34.7. The van der Waals surface area contributed by atoms with E-state index in [1.807, 2.05) is 6.92 Å². The van der Waals surface area contributed by atoms with Crippen molar-refractivity contribution >= 4 is 17.9 Å². The van der Waals surface area contributed by atoms with Crippen LogP contribution in [0.2, 0.25) is 0 Å². The first-order valence-electron chi connectivity index (χ1n) is 19.2. The zero-order valence-electron chi connectivity index (χ0n) is 30.2. The van der Waals surface area contributed by atoms with E-state index in [-0.39, 0.29) is 44.4 Å². The zero-order valence-corrected chi connectivity index (χ0v) is 30.2. The van der Waals surface area contributed by atoms with Crippen molar-refractivity contribution in [2.45, 2.75) is 207 Å². The molecule has 0 saturated heterocycles. The largest absolute Gasteiger partial charge is 0.462 e. The van der Waals surface area contributed by atoms with E-state index >= 15 is 0 Å². The van der Waals surface area contributed by atoms with E-state index in [4.69, 9.17) is 18.9 Å². The van der Waals surface area contributed by atoms with Gasteiger partial charge in [0, 0.05) is 25.9 Å². The van der Waals surface area contributed by atoms with Crippen LogP contribution in [0, 0.1) is 0 Å². The van der Waals surface area contributed by atoms with Gasteiger partial charge in [0.05, 0.1) is 6.42 Å². The third kappa shape index (κ3) is 32.3. The number of rotatable bonds is 35. The van der Waals surface area contributed by atoms with Gasteiger partial charge in [-0.3, -0.25) is 14.4 Å². The lowest BCUT2D eigenvalue weighted by Gasteiger charge is -2.18. The van der Waals surface area contributed by atoms with Crippen molar-refractivity contribution in [2.24, 2.45) is 0 Å². The predicted octanol–water partition coefficient (Wildman–Crippen LogP) is 9.91. The highest BCUT2D eigenvalue weighted by Crippen LogP contribution is 2.14. The summed E-state index contributed by atoms with van der Waals surface area (Å²) in [7, 11) is 0. The van der Waals surface area contributed by atoms with Crippen LogP contribution in [-0.2, 0) is 33.3 Å². The van der Waals surface area contributed by atoms with Crippen molar-refractivity contribution < 1.29 is 38.4 Å². The molecule has 2 unspecified atom stereocenters. The Balaban J connectivity index is 4.35. The molecule has 272 valence electrons. The molecule has 0 aliphatic rings. The molecule has 0 spiro atoms. The van der Waals surface area contributed by atoms with Crippen LogP contribution in [0.1, 0.15) is 194 Å². The molecular weight excluding hydrogens is 584 g/mol. The monoisotopic (exact) mass is 657 g/mol. The van der Waals surface area contributed by atoms with Gasteiger partial charge in [0.1, 0.15) is 13.2 Å². The number of hydrogen-bond acceptors (Lipinski definition) is 8. The first-order valence-corrected chi connectivity index (χ1v) is 19.2. The summed E-state index contributed by atoms with van der Waals surface area (Å²) in [5.41, 5.74) is 0. The summed E-state index contributed by atoms with van der Waals surface area (Å²) in [5.74, 6) is -1.23. The molecule has 8 heteroatoms. The van der Waals surface area contributed by atoms with E-state index in [1.54, 1.807) is 0 Å². The molecule has 1 N–H and O–H groups in total. The van der Waals surface area contributed by atoms with Crippen LogP contribution in [0.25, 0.3) is 0 Å². The Morgan fingerprint density at radius 2 is 0.848 bits per heavy atom. The van der Waals surface area contributed by atoms with Gasteiger partial charge in [0.15, 0.2) is 12.4 Å². The molecule has 0 aromatic carbocycles. The van der Waals surface area contributed by atoms with Crippen molar-refractivity contribution in [3.63, 3.8) is 0 Å². The van der Waals surface area contributed by atoms with Crippen LogP contribution < -0.4 is 0 Å². The summed E-state index contributed by atoms with van der Waals surface area (Å²) >= 11 is 0. The molecule has 8 nitrogen and oxygen atoms in total. The Morgan fingerprint density at radius 1 is 0.478 bits per heavy atom. The van der Waals surface area contributed by atoms with Crippen LogP contribution in [0.5, 0.6) is 0 Å². The maximum Gasteiger partial charge on any atom is 0.306 e. The van der Waals surface area contributed by atoms with Crippen molar-refractivity contribution in [2.75, 3.05) is 19.8 Å². The van der Waals surface area contributed by atoms with E-state index in [0.717, 1.165) is 44.9 Å². The second-order valence-electron chi connectivity index (χ2n) is 12.9. The van der Waals surface area contributed by atoms with Gasteiger partial charge < -0.3 is 24.1 Å². The fourth-order valence-electron chi connectivity index (χ4n) is 5.32. The highest BCUT2D eigenvalue weighted by atomic mass is 16.6. The van der Waals surface area contributed by atoms with E-state index in [2.05, 4.69) is 13.8 Å². The number of carbonyl (C=O) groups excluding carboxylic acids is 3. The lowest BCUT2D eigenvalue weighted by atomic mass is 10.1. The Hall–Kier alpha value is -1.67. The molecule has 0 heterocycles. The highest BCUT2D eigenvalue weighted by Gasteiger charge is 2.20. The number of hydrogen-bond donors (Lipinski definition) is 1. The molecule has 0 saturated carbocycles. The average molecular weight is 657 g/mol. The number of unbranched alkanes of at least 4 members (excludes halogenated alkanes) is 20. The number of aliphatic hydroxyl groups is 1. The summed E-state index contributed by atoms with van der Waals surface area (Å²) in [4.78, 5) is 37.1. The molecule has 0 amide bonds. The van der Waals surface area contributed by atoms with Gasteiger partial charge in [-0.25, -0.2) is 0 Å². The molecule has 0 rings (SSSR count). The van der Waals surface area contributed by atoms with E-state index < -0.39 is 18.4 Å². The highest BCUT2D eigenvalue weighted by molar-refractivity contribution is 5.71. The number of ether oxygens (including phenoxy) is 4. The molecule has 0 aliphatic heterocycles. The second-order valence-corrected chi connectivity index (χ2v) is 12.9. The predicted molar refractivity (Wildman–Crippen MR) is 185 cm³/mol. The summed E-state index contributed by atoms with van der Waals surface area (Å²) < 4.78 is 21.5. The average Bonchev–Trinajstić information content (AvgIpc) is 3.05. The first-order chi connectivity index (χ1) is 22.4. The van der Waals surface area contributed by atoms with Crippen molar-refractivity contribution in [1.29, 1.82) is 0 Å². The number of carbonyl (C=O) groups is 3. The fraction of sp³-hybridized carbons (Fsp3) is 0.921. The molecular formula is C38H72O8. The van der Waals surface area contributed by atoms with Gasteiger partial charge in [0.2, 0.25) is 0 Å². The van der Waals surface area contributed by atoms with Crippen molar-refractivity contribution in [3.05, 3.63) is 0 Å². The molecule has 0 aromatic heterocycles. The Labute approximate surface area is 282 Å². The van der Waals surface area contributed by atoms with Gasteiger partial charge in [-0.2, -0.15) is 0 Å². The van der Waals surface area contributed by atoms with E-state index in [1.165, 1.54) is 103 Å². The zero-order chi connectivity index (χ0) is 33.9. The van der Waals surface area contributed by atoms with Crippen LogP contribution in [0.15, 0.2) is 0 Å². The maximum absolute atomic E-state index is 12.6. The minimum absolute atomic E-state index is 0.0249. The summed E-state index contributed by atoms with van der Waals surface area (Å²) in [5, 5.41) is 9.80. The Morgan fingerprint density at radius 3 is 1.26 bits per heavy atom.